The number of carbonyl (C=O) groups is 2. The van der Waals surface area contributed by atoms with E-state index in [-0.39, 0.29) is 10.6 Å². The molecule has 0 aliphatic heterocycles. The lowest BCUT2D eigenvalue weighted by Gasteiger charge is -2.30. The van der Waals surface area contributed by atoms with Gasteiger partial charge >= 0.3 is 5.97 Å². The number of carbonyl (C=O) groups excluding carboxylic acids is 2. The van der Waals surface area contributed by atoms with Gasteiger partial charge in [-0.15, -0.1) is 0 Å². The van der Waals surface area contributed by atoms with E-state index in [1.54, 1.807) is 38.1 Å². The molecule has 1 aliphatic rings. The highest BCUT2D eigenvalue weighted by molar-refractivity contribution is 9.13. The Morgan fingerprint density at radius 3 is 2.57 bits per heavy atom. The minimum atomic E-state index is -0.815. The van der Waals surface area contributed by atoms with Gasteiger partial charge in [-0.2, -0.15) is 0 Å². The number of benzene rings is 1. The van der Waals surface area contributed by atoms with Crippen molar-refractivity contribution in [2.75, 3.05) is 0 Å². The number of hydrogen-bond donors (Lipinski definition) is 0. The molecule has 21 heavy (non-hydrogen) atoms. The third-order valence-corrected chi connectivity index (χ3v) is 6.00. The summed E-state index contributed by atoms with van der Waals surface area (Å²) >= 11 is 6.81. The maximum absolute atomic E-state index is 11.9. The minimum Gasteiger partial charge on any atom is -0.312 e. The zero-order chi connectivity index (χ0) is 15.6. The second kappa shape index (κ2) is 6.23. The monoisotopic (exact) mass is 413 g/mol. The Morgan fingerprint density at radius 2 is 1.95 bits per heavy atom. The van der Waals surface area contributed by atoms with Crippen LogP contribution in [0.4, 0.5) is 0 Å². The van der Waals surface area contributed by atoms with Gasteiger partial charge in [0.05, 0.1) is 16.1 Å². The first-order valence-electron chi connectivity index (χ1n) is 6.24. The minimum absolute atomic E-state index is 0.0600. The average molecular weight is 415 g/mol. The highest BCUT2D eigenvalue weighted by Crippen LogP contribution is 2.36. The number of allylic oxidation sites excluding steroid dienone is 2. The van der Waals surface area contributed by atoms with Crippen LogP contribution in [0.2, 0.25) is 0 Å². The highest BCUT2D eigenvalue weighted by atomic mass is 79.9. The normalized spacial score (nSPS) is 27.4. The van der Waals surface area contributed by atoms with Crippen LogP contribution in [0.25, 0.3) is 0 Å². The molecule has 0 aromatic heterocycles. The third-order valence-electron chi connectivity index (χ3n) is 3.19. The average Bonchev–Trinajstić information content (AvgIpc) is 2.46. The van der Waals surface area contributed by atoms with Gasteiger partial charge in [-0.05, 0) is 37.6 Å². The topological polar surface area (TPSA) is 55.7 Å². The molecule has 1 aliphatic carbocycles. The number of ketones is 1. The molecule has 110 valence electrons. The molecule has 0 heterocycles. The first-order valence-corrected chi connectivity index (χ1v) is 7.95. The van der Waals surface area contributed by atoms with E-state index in [0.29, 0.717) is 16.8 Å². The largest absolute Gasteiger partial charge is 0.365 e. The Hall–Kier alpha value is -1.27. The fourth-order valence-corrected chi connectivity index (χ4v) is 2.83. The predicted molar refractivity (Wildman–Crippen MR) is 88.1 cm³/mol. The van der Waals surface area contributed by atoms with E-state index in [1.807, 2.05) is 6.07 Å². The van der Waals surface area contributed by atoms with Gasteiger partial charge in [0.15, 0.2) is 5.78 Å². The first-order chi connectivity index (χ1) is 9.84. The van der Waals surface area contributed by atoms with Crippen LogP contribution in [0.15, 0.2) is 47.1 Å². The molecule has 0 saturated carbocycles. The number of alkyl halides is 2. The van der Waals surface area contributed by atoms with Gasteiger partial charge in [0.25, 0.3) is 0 Å². The Morgan fingerprint density at radius 1 is 1.33 bits per heavy atom. The summed E-state index contributed by atoms with van der Waals surface area (Å²) in [4.78, 5) is 28.4. The zero-order valence-corrected chi connectivity index (χ0v) is 14.6. The van der Waals surface area contributed by atoms with Crippen molar-refractivity contribution in [3.63, 3.8) is 0 Å². The number of halogens is 2. The molecular formula is C15H13Br2NO3. The van der Waals surface area contributed by atoms with E-state index in [9.17, 15) is 9.59 Å². The van der Waals surface area contributed by atoms with Crippen LogP contribution < -0.4 is 0 Å². The fourth-order valence-electron chi connectivity index (χ4n) is 1.83. The molecule has 2 atom stereocenters. The van der Waals surface area contributed by atoms with Crippen LogP contribution in [0.3, 0.4) is 0 Å². The van der Waals surface area contributed by atoms with E-state index in [1.165, 1.54) is 6.08 Å². The van der Waals surface area contributed by atoms with Gasteiger partial charge in [0.1, 0.15) is 4.32 Å². The molecular weight excluding hydrogens is 402 g/mol. The van der Waals surface area contributed by atoms with Crippen molar-refractivity contribution in [3.05, 3.63) is 47.5 Å². The number of hydrogen-bond acceptors (Lipinski definition) is 4. The van der Waals surface area contributed by atoms with Crippen molar-refractivity contribution < 1.29 is 14.4 Å². The Labute approximate surface area is 139 Å². The Balaban J connectivity index is 2.23. The van der Waals surface area contributed by atoms with Crippen molar-refractivity contribution in [1.82, 2.24) is 0 Å². The number of oxime groups is 1. The molecule has 1 aromatic carbocycles. The third kappa shape index (κ3) is 3.32. The lowest BCUT2D eigenvalue weighted by Crippen LogP contribution is -2.45. The lowest BCUT2D eigenvalue weighted by atomic mass is 9.88. The van der Waals surface area contributed by atoms with E-state index < -0.39 is 10.3 Å². The van der Waals surface area contributed by atoms with Gasteiger partial charge in [0, 0.05) is 0 Å². The van der Waals surface area contributed by atoms with E-state index in [2.05, 4.69) is 37.0 Å². The second-order valence-electron chi connectivity index (χ2n) is 4.85. The van der Waals surface area contributed by atoms with Gasteiger partial charge < -0.3 is 4.84 Å². The van der Waals surface area contributed by atoms with Crippen LogP contribution in [0, 0.1) is 0 Å². The smallest absolute Gasteiger partial charge is 0.312 e. The van der Waals surface area contributed by atoms with E-state index in [4.69, 9.17) is 4.84 Å². The summed E-state index contributed by atoms with van der Waals surface area (Å²) in [7, 11) is 0. The van der Waals surface area contributed by atoms with Crippen LogP contribution in [-0.4, -0.2) is 26.6 Å². The molecule has 0 saturated heterocycles. The SMILES string of the molecule is CC1=CC(=O)C(C)(Br)C(Br)C1=NOC(=O)c1ccccc1. The van der Waals surface area contributed by atoms with E-state index >= 15 is 0 Å². The summed E-state index contributed by atoms with van der Waals surface area (Å²) in [6.45, 7) is 3.50. The maximum Gasteiger partial charge on any atom is 0.365 e. The molecule has 2 rings (SSSR count). The molecule has 0 spiro atoms. The van der Waals surface area contributed by atoms with Gasteiger partial charge in [-0.3, -0.25) is 4.79 Å². The van der Waals surface area contributed by atoms with Gasteiger partial charge in [-0.25, -0.2) is 4.79 Å². The van der Waals surface area contributed by atoms with Crippen molar-refractivity contribution >= 4 is 49.3 Å². The molecule has 4 nitrogen and oxygen atoms in total. The van der Waals surface area contributed by atoms with E-state index in [0.717, 1.165) is 0 Å². The Bertz CT molecular complexity index is 636. The van der Waals surface area contributed by atoms with Crippen molar-refractivity contribution in [2.24, 2.45) is 5.16 Å². The molecule has 0 amide bonds. The van der Waals surface area contributed by atoms with Crippen molar-refractivity contribution in [3.8, 4) is 0 Å². The van der Waals surface area contributed by atoms with Gasteiger partial charge in [-0.1, -0.05) is 55.2 Å². The van der Waals surface area contributed by atoms with Crippen LogP contribution in [0.5, 0.6) is 0 Å². The summed E-state index contributed by atoms with van der Waals surface area (Å²) < 4.78 is -0.815. The standard InChI is InChI=1S/C15H13Br2NO3/c1-9-8-11(19)15(2,17)13(16)12(9)18-21-14(20)10-6-4-3-5-7-10/h3-8,13H,1-2H3. The van der Waals surface area contributed by atoms with Crippen molar-refractivity contribution in [1.29, 1.82) is 0 Å². The zero-order valence-electron chi connectivity index (χ0n) is 11.5. The van der Waals surface area contributed by atoms with Crippen LogP contribution >= 0.6 is 31.9 Å². The number of nitrogens with zero attached hydrogens (tertiary/aromatic N) is 1. The molecule has 2 unspecified atom stereocenters. The molecule has 6 heteroatoms. The molecule has 0 bridgehead atoms. The van der Waals surface area contributed by atoms with Crippen LogP contribution in [-0.2, 0) is 9.63 Å². The lowest BCUT2D eigenvalue weighted by molar-refractivity contribution is -0.116. The maximum atomic E-state index is 11.9. The summed E-state index contributed by atoms with van der Waals surface area (Å²) in [5, 5.41) is 3.92. The summed E-state index contributed by atoms with van der Waals surface area (Å²) in [5.74, 6) is -0.598. The predicted octanol–water partition coefficient (Wildman–Crippen LogP) is 3.65. The van der Waals surface area contributed by atoms with Gasteiger partial charge in [0.2, 0.25) is 0 Å². The first kappa shape index (κ1) is 16.1. The molecule has 0 N–H and O–H groups in total. The summed E-state index contributed by atoms with van der Waals surface area (Å²) in [6.07, 6.45) is 1.49. The number of rotatable bonds is 2. The summed E-state index contributed by atoms with van der Waals surface area (Å²) in [5.41, 5.74) is 1.60. The molecule has 1 aromatic rings. The highest BCUT2D eigenvalue weighted by Gasteiger charge is 2.43. The Kier molecular flexibility index (Phi) is 4.78. The quantitative estimate of drug-likeness (QED) is 0.421. The fraction of sp³-hybridized carbons (Fsp3) is 0.267. The summed E-state index contributed by atoms with van der Waals surface area (Å²) in [6, 6.07) is 8.60. The van der Waals surface area contributed by atoms with Crippen LogP contribution in [0.1, 0.15) is 24.2 Å². The van der Waals surface area contributed by atoms with Crippen molar-refractivity contribution in [2.45, 2.75) is 23.0 Å². The molecule has 0 fully saturated rings. The second-order valence-corrected chi connectivity index (χ2v) is 7.41. The molecule has 0 radical (unpaired) electrons.